The molecule has 3 aromatic rings. The van der Waals surface area contributed by atoms with Crippen LogP contribution in [0.2, 0.25) is 0 Å². The lowest BCUT2D eigenvalue weighted by Crippen LogP contribution is -2.27. The van der Waals surface area contributed by atoms with Gasteiger partial charge in [0.15, 0.2) is 11.6 Å². The lowest BCUT2D eigenvalue weighted by molar-refractivity contribution is 0.338. The molecule has 2 N–H and O–H groups in total. The molecular formula is C27H31FN6. The molecule has 6 nitrogen and oxygen atoms in total. The summed E-state index contributed by atoms with van der Waals surface area (Å²) < 4.78 is 15.7. The molecule has 1 aliphatic heterocycles. The highest BCUT2D eigenvalue weighted by atomic mass is 19.1. The molecule has 0 spiro atoms. The van der Waals surface area contributed by atoms with E-state index in [4.69, 9.17) is 15.8 Å². The van der Waals surface area contributed by atoms with Crippen LogP contribution < -0.4 is 5.73 Å². The average Bonchev–Trinajstić information content (AvgIpc) is 3.14. The molecule has 0 aliphatic carbocycles. The molecule has 4 rings (SSSR count). The van der Waals surface area contributed by atoms with E-state index in [0.29, 0.717) is 23.8 Å². The topological polar surface area (TPSA) is 72.3 Å². The molecule has 0 unspecified atom stereocenters. The first-order chi connectivity index (χ1) is 16.3. The fourth-order valence-corrected chi connectivity index (χ4v) is 4.13. The summed E-state index contributed by atoms with van der Waals surface area (Å²) in [5.74, 6) is 1.67. The van der Waals surface area contributed by atoms with Crippen molar-refractivity contribution in [3.63, 3.8) is 0 Å². The summed E-state index contributed by atoms with van der Waals surface area (Å²) in [5.41, 5.74) is 11.4. The minimum Gasteiger partial charge on any atom is -0.387 e. The van der Waals surface area contributed by atoms with Crippen LogP contribution in [0.4, 0.5) is 4.39 Å². The van der Waals surface area contributed by atoms with Gasteiger partial charge in [-0.25, -0.2) is 19.0 Å². The maximum Gasteiger partial charge on any atom is 0.181 e. The molecule has 0 radical (unpaired) electrons. The van der Waals surface area contributed by atoms with Crippen molar-refractivity contribution < 1.29 is 4.39 Å². The monoisotopic (exact) mass is 458 g/mol. The summed E-state index contributed by atoms with van der Waals surface area (Å²) >= 11 is 0. The van der Waals surface area contributed by atoms with Gasteiger partial charge in [0.05, 0.1) is 12.4 Å². The Morgan fingerprint density at radius 1 is 1.09 bits per heavy atom. The van der Waals surface area contributed by atoms with E-state index in [1.165, 1.54) is 11.6 Å². The molecule has 2 aromatic carbocycles. The van der Waals surface area contributed by atoms with Crippen molar-refractivity contribution in [3.05, 3.63) is 83.5 Å². The van der Waals surface area contributed by atoms with E-state index < -0.39 is 0 Å². The number of aliphatic imine (C=N–C) groups is 1. The standard InChI is InChI=1S/C27H31FN6/c1-18-12-14-33(15-13-25(18)30-21(4)29)20(3)17-34-27(22-8-6-5-7-9-22)31-26(32-34)23-10-11-24(28)19(2)16-23/h5-11,16H,3,12-15,17H2,1-2,4H3,(H2,29,30). The number of aryl methyl sites for hydroxylation is 1. The Hall–Kier alpha value is -3.74. The van der Waals surface area contributed by atoms with Crippen LogP contribution in [0.5, 0.6) is 0 Å². The van der Waals surface area contributed by atoms with Crippen molar-refractivity contribution in [2.45, 2.75) is 40.2 Å². The fourth-order valence-electron chi connectivity index (χ4n) is 4.13. The number of hydrogen-bond donors (Lipinski definition) is 1. The summed E-state index contributed by atoms with van der Waals surface area (Å²) in [6, 6.07) is 14.9. The zero-order valence-electron chi connectivity index (χ0n) is 20.1. The third-order valence-electron chi connectivity index (χ3n) is 6.08. The van der Waals surface area contributed by atoms with Crippen LogP contribution in [0.15, 0.2) is 77.1 Å². The molecule has 7 heteroatoms. The quantitative estimate of drug-likeness (QED) is 0.401. The predicted molar refractivity (Wildman–Crippen MR) is 136 cm³/mol. The summed E-state index contributed by atoms with van der Waals surface area (Å²) in [5, 5.41) is 4.80. The summed E-state index contributed by atoms with van der Waals surface area (Å²) in [6.07, 6.45) is 1.73. The Labute approximate surface area is 200 Å². The van der Waals surface area contributed by atoms with Gasteiger partial charge in [0.1, 0.15) is 5.82 Å². The van der Waals surface area contributed by atoms with Gasteiger partial charge >= 0.3 is 0 Å². The van der Waals surface area contributed by atoms with Crippen LogP contribution >= 0.6 is 0 Å². The Morgan fingerprint density at radius 3 is 2.53 bits per heavy atom. The molecule has 2 heterocycles. The number of halogens is 1. The summed E-state index contributed by atoms with van der Waals surface area (Å²) in [7, 11) is 0. The first-order valence-corrected chi connectivity index (χ1v) is 11.5. The van der Waals surface area contributed by atoms with Crippen molar-refractivity contribution in [1.82, 2.24) is 19.7 Å². The molecule has 0 fully saturated rings. The lowest BCUT2D eigenvalue weighted by Gasteiger charge is -2.25. The van der Waals surface area contributed by atoms with E-state index in [9.17, 15) is 4.39 Å². The Balaban J connectivity index is 1.61. The number of amidine groups is 1. The van der Waals surface area contributed by atoms with Crippen LogP contribution in [-0.4, -0.2) is 38.6 Å². The SMILES string of the molecule is C=C(Cn1nc(-c2ccc(F)c(C)c2)nc1-c1ccccc1)N1CCC(C)=C(N=C(C)N)CC1. The molecule has 176 valence electrons. The van der Waals surface area contributed by atoms with Crippen molar-refractivity contribution in [3.8, 4) is 22.8 Å². The van der Waals surface area contributed by atoms with E-state index in [-0.39, 0.29) is 5.82 Å². The number of aromatic nitrogens is 3. The van der Waals surface area contributed by atoms with Crippen molar-refractivity contribution >= 4 is 5.84 Å². The highest BCUT2D eigenvalue weighted by Gasteiger charge is 2.19. The zero-order valence-corrected chi connectivity index (χ0v) is 20.1. The Morgan fingerprint density at radius 2 is 1.82 bits per heavy atom. The highest BCUT2D eigenvalue weighted by molar-refractivity contribution is 5.78. The van der Waals surface area contributed by atoms with Gasteiger partial charge in [-0.15, -0.1) is 0 Å². The van der Waals surface area contributed by atoms with Crippen LogP contribution in [0.3, 0.4) is 0 Å². The van der Waals surface area contributed by atoms with Crippen LogP contribution in [-0.2, 0) is 6.54 Å². The smallest absolute Gasteiger partial charge is 0.181 e. The van der Waals surface area contributed by atoms with E-state index in [0.717, 1.165) is 54.3 Å². The maximum atomic E-state index is 13.8. The van der Waals surface area contributed by atoms with Gasteiger partial charge in [-0.1, -0.05) is 36.9 Å². The lowest BCUT2D eigenvalue weighted by atomic mass is 10.1. The van der Waals surface area contributed by atoms with E-state index >= 15 is 0 Å². The van der Waals surface area contributed by atoms with E-state index in [1.807, 2.05) is 41.9 Å². The van der Waals surface area contributed by atoms with Crippen molar-refractivity contribution in [1.29, 1.82) is 0 Å². The van der Waals surface area contributed by atoms with Gasteiger partial charge < -0.3 is 10.6 Å². The van der Waals surface area contributed by atoms with Crippen LogP contribution in [0, 0.1) is 12.7 Å². The first-order valence-electron chi connectivity index (χ1n) is 11.5. The molecule has 0 amide bonds. The second-order valence-electron chi connectivity index (χ2n) is 8.78. The third-order valence-corrected chi connectivity index (χ3v) is 6.08. The maximum absolute atomic E-state index is 13.8. The molecular weight excluding hydrogens is 427 g/mol. The van der Waals surface area contributed by atoms with Gasteiger partial charge in [-0.3, -0.25) is 0 Å². The van der Waals surface area contributed by atoms with Gasteiger partial charge in [-0.05, 0) is 56.5 Å². The van der Waals surface area contributed by atoms with Gasteiger partial charge in [-0.2, -0.15) is 5.10 Å². The average molecular weight is 459 g/mol. The molecule has 1 aromatic heterocycles. The molecule has 0 atom stereocenters. The zero-order chi connectivity index (χ0) is 24.2. The number of benzene rings is 2. The largest absolute Gasteiger partial charge is 0.387 e. The number of nitrogens with two attached hydrogens (primary N) is 1. The van der Waals surface area contributed by atoms with Crippen molar-refractivity contribution in [2.75, 3.05) is 13.1 Å². The van der Waals surface area contributed by atoms with Crippen LogP contribution in [0.1, 0.15) is 32.3 Å². The summed E-state index contributed by atoms with van der Waals surface area (Å²) in [4.78, 5) is 11.6. The minimum atomic E-state index is -0.238. The first kappa shape index (κ1) is 23.4. The molecule has 34 heavy (non-hydrogen) atoms. The van der Waals surface area contributed by atoms with Gasteiger partial charge in [0, 0.05) is 42.0 Å². The second-order valence-corrected chi connectivity index (χ2v) is 8.78. The van der Waals surface area contributed by atoms with E-state index in [2.05, 4.69) is 23.4 Å². The number of rotatable bonds is 6. The highest BCUT2D eigenvalue weighted by Crippen LogP contribution is 2.26. The Bertz CT molecular complexity index is 1250. The van der Waals surface area contributed by atoms with Gasteiger partial charge in [0.25, 0.3) is 0 Å². The predicted octanol–water partition coefficient (Wildman–Crippen LogP) is 5.32. The fraction of sp³-hybridized carbons (Fsp3) is 0.296. The second kappa shape index (κ2) is 10.0. The number of allylic oxidation sites excluding steroid dienone is 1. The molecule has 1 aliphatic rings. The Kier molecular flexibility index (Phi) is 6.91. The van der Waals surface area contributed by atoms with Gasteiger partial charge in [0.2, 0.25) is 0 Å². The minimum absolute atomic E-state index is 0.238. The summed E-state index contributed by atoms with van der Waals surface area (Å²) in [6.45, 7) is 12.3. The molecule has 0 saturated heterocycles. The molecule has 0 bridgehead atoms. The normalized spacial score (nSPS) is 14.9. The third kappa shape index (κ3) is 5.25. The number of hydrogen-bond acceptors (Lipinski definition) is 4. The van der Waals surface area contributed by atoms with Crippen LogP contribution in [0.25, 0.3) is 22.8 Å². The molecule has 0 saturated carbocycles. The van der Waals surface area contributed by atoms with E-state index in [1.54, 1.807) is 19.1 Å². The van der Waals surface area contributed by atoms with Crippen molar-refractivity contribution in [2.24, 2.45) is 10.7 Å². The number of nitrogens with zero attached hydrogens (tertiary/aromatic N) is 5.